The number of piperidine rings is 1. The van der Waals surface area contributed by atoms with Crippen LogP contribution >= 0.6 is 0 Å². The molecule has 6 nitrogen and oxygen atoms in total. The van der Waals surface area contributed by atoms with Crippen LogP contribution < -0.4 is 10.6 Å². The first-order chi connectivity index (χ1) is 15.6. The van der Waals surface area contributed by atoms with E-state index in [2.05, 4.69) is 15.5 Å². The summed E-state index contributed by atoms with van der Waals surface area (Å²) in [5, 5.41) is 5.76. The molecule has 1 atom stereocenters. The summed E-state index contributed by atoms with van der Waals surface area (Å²) in [5.41, 5.74) is 1.92. The molecule has 0 radical (unpaired) electrons. The van der Waals surface area contributed by atoms with Gasteiger partial charge >= 0.3 is 0 Å². The topological polar surface area (TPSA) is 74.6 Å². The molecule has 0 aliphatic carbocycles. The number of hydrogen-bond acceptors (Lipinski definition) is 4. The Labute approximate surface area is 186 Å². The molecule has 1 fully saturated rings. The van der Waals surface area contributed by atoms with Crippen molar-refractivity contribution in [1.82, 2.24) is 10.2 Å². The highest BCUT2D eigenvalue weighted by atomic mass is 19.1. The molecule has 166 valence electrons. The second kappa shape index (κ2) is 10.2. The summed E-state index contributed by atoms with van der Waals surface area (Å²) < 4.78 is 18.4. The molecule has 1 aliphatic rings. The molecule has 3 aromatic rings. The number of halogens is 1. The number of carbonyl (C=O) groups excluding carboxylic acids is 2. The van der Waals surface area contributed by atoms with Gasteiger partial charge in [-0.05, 0) is 61.3 Å². The Morgan fingerprint density at radius 3 is 2.66 bits per heavy atom. The highest BCUT2D eigenvalue weighted by Crippen LogP contribution is 2.22. The molecule has 1 aromatic heterocycles. The predicted molar refractivity (Wildman–Crippen MR) is 119 cm³/mol. The van der Waals surface area contributed by atoms with Gasteiger partial charge in [0.2, 0.25) is 5.91 Å². The normalized spacial score (nSPS) is 16.5. The van der Waals surface area contributed by atoms with Gasteiger partial charge in [-0.3, -0.25) is 14.5 Å². The summed E-state index contributed by atoms with van der Waals surface area (Å²) in [5.74, 6) is -0.151. The molecule has 2 heterocycles. The van der Waals surface area contributed by atoms with Crippen molar-refractivity contribution >= 4 is 17.5 Å². The van der Waals surface area contributed by atoms with E-state index in [1.807, 2.05) is 0 Å². The molecule has 32 heavy (non-hydrogen) atoms. The molecular weight excluding hydrogens is 409 g/mol. The Bertz CT molecular complexity index is 1050. The fourth-order valence-corrected chi connectivity index (χ4v) is 3.96. The van der Waals surface area contributed by atoms with Gasteiger partial charge in [-0.15, -0.1) is 0 Å². The number of nitrogens with zero attached hydrogens (tertiary/aromatic N) is 1. The Kier molecular flexibility index (Phi) is 6.97. The van der Waals surface area contributed by atoms with E-state index in [1.165, 1.54) is 12.1 Å². The first kappa shape index (κ1) is 21.8. The minimum absolute atomic E-state index is 0.0971. The average molecular weight is 435 g/mol. The summed E-state index contributed by atoms with van der Waals surface area (Å²) in [6.07, 6.45) is 3.25. The van der Waals surface area contributed by atoms with Crippen LogP contribution in [0.15, 0.2) is 71.3 Å². The van der Waals surface area contributed by atoms with Crippen molar-refractivity contribution in [3.8, 4) is 0 Å². The highest BCUT2D eigenvalue weighted by Gasteiger charge is 2.26. The zero-order valence-corrected chi connectivity index (χ0v) is 17.7. The molecule has 4 rings (SSSR count). The van der Waals surface area contributed by atoms with E-state index in [0.717, 1.165) is 24.9 Å². The number of nitrogens with one attached hydrogen (secondary N) is 2. The lowest BCUT2D eigenvalue weighted by molar-refractivity contribution is -0.121. The molecule has 0 saturated carbocycles. The van der Waals surface area contributed by atoms with E-state index in [4.69, 9.17) is 4.42 Å². The van der Waals surface area contributed by atoms with Crippen LogP contribution in [0, 0.1) is 11.7 Å². The SMILES string of the molecule is O=C(NCc1ccco1)c1ccccc1NC(=O)[C@H]1CCCN(Cc2ccc(F)cc2)C1. The van der Waals surface area contributed by atoms with Gasteiger partial charge < -0.3 is 15.1 Å². The van der Waals surface area contributed by atoms with E-state index in [0.29, 0.717) is 30.1 Å². The van der Waals surface area contributed by atoms with Gasteiger partial charge in [-0.25, -0.2) is 4.39 Å². The van der Waals surface area contributed by atoms with E-state index in [9.17, 15) is 14.0 Å². The van der Waals surface area contributed by atoms with Crippen molar-refractivity contribution in [3.05, 3.63) is 89.6 Å². The van der Waals surface area contributed by atoms with Crippen molar-refractivity contribution in [3.63, 3.8) is 0 Å². The molecule has 0 unspecified atom stereocenters. The van der Waals surface area contributed by atoms with Gasteiger partial charge in [-0.1, -0.05) is 24.3 Å². The molecular formula is C25H26FN3O3. The third-order valence-electron chi connectivity index (χ3n) is 5.63. The van der Waals surface area contributed by atoms with Gasteiger partial charge in [0.15, 0.2) is 0 Å². The van der Waals surface area contributed by atoms with Gasteiger partial charge in [0.05, 0.1) is 30.0 Å². The zero-order chi connectivity index (χ0) is 22.3. The summed E-state index contributed by atoms with van der Waals surface area (Å²) in [4.78, 5) is 27.9. The number of amides is 2. The fraction of sp³-hybridized carbons (Fsp3) is 0.280. The standard InChI is InChI=1S/C25H26FN3O3/c26-20-11-9-18(10-12-20)16-29-13-3-5-19(17-29)24(30)28-23-8-2-1-7-22(23)25(31)27-15-21-6-4-14-32-21/h1-2,4,6-12,14,19H,3,5,13,15-17H2,(H,27,31)(H,28,30)/t19-/m0/s1. The van der Waals surface area contributed by atoms with Crippen LogP contribution in [0.4, 0.5) is 10.1 Å². The summed E-state index contributed by atoms with van der Waals surface area (Å²) >= 11 is 0. The number of hydrogen-bond donors (Lipinski definition) is 2. The Hall–Kier alpha value is -3.45. The number of likely N-dealkylation sites (tertiary alicyclic amines) is 1. The van der Waals surface area contributed by atoms with Crippen molar-refractivity contribution in [2.24, 2.45) is 5.92 Å². The number of carbonyl (C=O) groups is 2. The third-order valence-corrected chi connectivity index (χ3v) is 5.63. The third kappa shape index (κ3) is 5.62. The summed E-state index contributed by atoms with van der Waals surface area (Å²) in [6, 6.07) is 17.0. The maximum atomic E-state index is 13.1. The molecule has 0 spiro atoms. The smallest absolute Gasteiger partial charge is 0.253 e. The lowest BCUT2D eigenvalue weighted by atomic mass is 9.96. The van der Waals surface area contributed by atoms with Gasteiger partial charge in [-0.2, -0.15) is 0 Å². The summed E-state index contributed by atoms with van der Waals surface area (Å²) in [6.45, 7) is 2.47. The van der Waals surface area contributed by atoms with Crippen LogP contribution in [0.5, 0.6) is 0 Å². The molecule has 1 saturated heterocycles. The molecule has 7 heteroatoms. The quantitative estimate of drug-likeness (QED) is 0.583. The lowest BCUT2D eigenvalue weighted by Crippen LogP contribution is -2.40. The van der Waals surface area contributed by atoms with E-state index >= 15 is 0 Å². The van der Waals surface area contributed by atoms with Crippen molar-refractivity contribution in [2.45, 2.75) is 25.9 Å². The Balaban J connectivity index is 1.36. The maximum absolute atomic E-state index is 13.1. The van der Waals surface area contributed by atoms with E-state index < -0.39 is 0 Å². The van der Waals surface area contributed by atoms with Crippen molar-refractivity contribution in [1.29, 1.82) is 0 Å². The number of furan rings is 1. The van der Waals surface area contributed by atoms with Gasteiger partial charge in [0.1, 0.15) is 11.6 Å². The lowest BCUT2D eigenvalue weighted by Gasteiger charge is -2.32. The number of anilines is 1. The van der Waals surface area contributed by atoms with Crippen LogP contribution in [-0.4, -0.2) is 29.8 Å². The Morgan fingerprint density at radius 2 is 1.88 bits per heavy atom. The second-order valence-electron chi connectivity index (χ2n) is 8.00. The van der Waals surface area contributed by atoms with E-state index in [-0.39, 0.29) is 30.1 Å². The van der Waals surface area contributed by atoms with E-state index in [1.54, 1.807) is 54.8 Å². The van der Waals surface area contributed by atoms with Crippen LogP contribution in [0.25, 0.3) is 0 Å². The number of para-hydroxylation sites is 1. The molecule has 0 bridgehead atoms. The van der Waals surface area contributed by atoms with Crippen LogP contribution in [0.1, 0.15) is 34.5 Å². The minimum atomic E-state index is -0.279. The first-order valence-electron chi connectivity index (χ1n) is 10.8. The van der Waals surface area contributed by atoms with Crippen molar-refractivity contribution < 1.29 is 18.4 Å². The van der Waals surface area contributed by atoms with Gasteiger partial charge in [0.25, 0.3) is 5.91 Å². The number of rotatable bonds is 7. The highest BCUT2D eigenvalue weighted by molar-refractivity contribution is 6.04. The molecule has 2 N–H and O–H groups in total. The monoisotopic (exact) mass is 435 g/mol. The molecule has 2 aromatic carbocycles. The molecule has 1 aliphatic heterocycles. The van der Waals surface area contributed by atoms with Crippen LogP contribution in [-0.2, 0) is 17.9 Å². The fourth-order valence-electron chi connectivity index (χ4n) is 3.96. The largest absolute Gasteiger partial charge is 0.467 e. The van der Waals surface area contributed by atoms with Gasteiger partial charge in [0, 0.05) is 13.1 Å². The summed E-state index contributed by atoms with van der Waals surface area (Å²) in [7, 11) is 0. The first-order valence-corrected chi connectivity index (χ1v) is 10.8. The average Bonchev–Trinajstić information content (AvgIpc) is 3.33. The maximum Gasteiger partial charge on any atom is 0.253 e. The second-order valence-corrected chi connectivity index (χ2v) is 8.00. The van der Waals surface area contributed by atoms with Crippen LogP contribution in [0.2, 0.25) is 0 Å². The molecule has 2 amide bonds. The zero-order valence-electron chi connectivity index (χ0n) is 17.7. The van der Waals surface area contributed by atoms with Crippen LogP contribution in [0.3, 0.4) is 0 Å². The predicted octanol–water partition coefficient (Wildman–Crippen LogP) is 4.20. The minimum Gasteiger partial charge on any atom is -0.467 e. The number of benzene rings is 2. The Morgan fingerprint density at radius 1 is 1.06 bits per heavy atom. The van der Waals surface area contributed by atoms with Crippen molar-refractivity contribution in [2.75, 3.05) is 18.4 Å².